The standard InChI is InChI=1S/C18H17N3O3S/c1-10-3-2-4-15-16(10)19-18(25-15)21-8-12(9-21)23-17(22)13-7-14(24-20-13)11-5-6-11/h2-4,7,11-12H,5-6,8-9H2,1H3. The van der Waals surface area contributed by atoms with Crippen LogP contribution in [0, 0.1) is 6.92 Å². The highest BCUT2D eigenvalue weighted by molar-refractivity contribution is 7.22. The van der Waals surface area contributed by atoms with Gasteiger partial charge in [0.15, 0.2) is 10.8 Å². The minimum atomic E-state index is -0.402. The van der Waals surface area contributed by atoms with Crippen LogP contribution in [0.5, 0.6) is 0 Å². The predicted octanol–water partition coefficient (Wildman–Crippen LogP) is 3.52. The van der Waals surface area contributed by atoms with Crippen LogP contribution in [-0.4, -0.2) is 35.3 Å². The molecule has 3 heterocycles. The van der Waals surface area contributed by atoms with Gasteiger partial charge < -0.3 is 14.2 Å². The molecule has 2 aromatic heterocycles. The monoisotopic (exact) mass is 355 g/mol. The Morgan fingerprint density at radius 3 is 2.96 bits per heavy atom. The number of benzene rings is 1. The van der Waals surface area contributed by atoms with Gasteiger partial charge in [-0.2, -0.15) is 0 Å². The van der Waals surface area contributed by atoms with E-state index in [4.69, 9.17) is 14.2 Å². The molecule has 0 amide bonds. The van der Waals surface area contributed by atoms with Gasteiger partial charge >= 0.3 is 5.97 Å². The third kappa shape index (κ3) is 2.68. The van der Waals surface area contributed by atoms with E-state index in [2.05, 4.69) is 29.1 Å². The van der Waals surface area contributed by atoms with Gasteiger partial charge in [0.2, 0.25) is 0 Å². The van der Waals surface area contributed by atoms with Crippen molar-refractivity contribution in [3.63, 3.8) is 0 Å². The molecule has 1 saturated carbocycles. The van der Waals surface area contributed by atoms with Crippen LogP contribution in [-0.2, 0) is 4.74 Å². The van der Waals surface area contributed by atoms with Gasteiger partial charge in [-0.1, -0.05) is 28.6 Å². The van der Waals surface area contributed by atoms with Crippen LogP contribution in [0.4, 0.5) is 5.13 Å². The first-order chi connectivity index (χ1) is 12.2. The van der Waals surface area contributed by atoms with E-state index >= 15 is 0 Å². The van der Waals surface area contributed by atoms with Crippen molar-refractivity contribution < 1.29 is 14.1 Å². The molecule has 5 rings (SSSR count). The molecule has 3 aromatic rings. The van der Waals surface area contributed by atoms with Crippen LogP contribution >= 0.6 is 11.3 Å². The Labute approximate surface area is 148 Å². The summed E-state index contributed by atoms with van der Waals surface area (Å²) in [5.74, 6) is 0.836. The van der Waals surface area contributed by atoms with E-state index in [-0.39, 0.29) is 11.8 Å². The number of nitrogens with zero attached hydrogens (tertiary/aromatic N) is 3. The molecule has 0 N–H and O–H groups in total. The Balaban J connectivity index is 1.22. The number of thiazole rings is 1. The van der Waals surface area contributed by atoms with Crippen molar-refractivity contribution in [3.8, 4) is 0 Å². The molecule has 7 heteroatoms. The van der Waals surface area contributed by atoms with Gasteiger partial charge in [-0.05, 0) is 31.4 Å². The molecule has 0 spiro atoms. The van der Waals surface area contributed by atoms with E-state index in [1.807, 2.05) is 6.07 Å². The van der Waals surface area contributed by atoms with Crippen molar-refractivity contribution >= 4 is 32.7 Å². The quantitative estimate of drug-likeness (QED) is 0.667. The number of hydrogen-bond donors (Lipinski definition) is 0. The minimum Gasteiger partial charge on any atom is -0.454 e. The van der Waals surface area contributed by atoms with Crippen molar-refractivity contribution in [2.24, 2.45) is 0 Å². The normalized spacial score (nSPS) is 17.7. The maximum atomic E-state index is 12.2. The van der Waals surface area contributed by atoms with Crippen molar-refractivity contribution in [1.82, 2.24) is 10.1 Å². The maximum absolute atomic E-state index is 12.2. The molecule has 1 saturated heterocycles. The number of rotatable bonds is 4. The lowest BCUT2D eigenvalue weighted by Gasteiger charge is -2.37. The topological polar surface area (TPSA) is 68.5 Å². The fourth-order valence-corrected chi connectivity index (χ4v) is 4.10. The SMILES string of the molecule is Cc1cccc2sc(N3CC(OC(=O)c4cc(C5CC5)on4)C3)nc12. The number of anilines is 1. The lowest BCUT2D eigenvalue weighted by atomic mass is 10.2. The molecule has 0 unspecified atom stereocenters. The molecule has 0 bridgehead atoms. The van der Waals surface area contributed by atoms with Crippen LogP contribution in [0.1, 0.15) is 40.6 Å². The summed E-state index contributed by atoms with van der Waals surface area (Å²) in [7, 11) is 0. The molecule has 2 fully saturated rings. The zero-order valence-electron chi connectivity index (χ0n) is 13.8. The Kier molecular flexibility index (Phi) is 3.31. The minimum absolute atomic E-state index is 0.123. The third-order valence-corrected chi connectivity index (χ3v) is 5.80. The molecule has 1 aromatic carbocycles. The van der Waals surface area contributed by atoms with Crippen LogP contribution < -0.4 is 4.90 Å². The van der Waals surface area contributed by atoms with Crippen LogP contribution in [0.2, 0.25) is 0 Å². The summed E-state index contributed by atoms with van der Waals surface area (Å²) < 4.78 is 11.9. The van der Waals surface area contributed by atoms with Gasteiger partial charge in [-0.3, -0.25) is 0 Å². The van der Waals surface area contributed by atoms with Crippen molar-refractivity contribution in [3.05, 3.63) is 41.3 Å². The highest BCUT2D eigenvalue weighted by atomic mass is 32.1. The number of hydrogen-bond acceptors (Lipinski definition) is 7. The Morgan fingerprint density at radius 1 is 1.36 bits per heavy atom. The van der Waals surface area contributed by atoms with E-state index in [1.165, 1.54) is 10.3 Å². The molecule has 0 atom stereocenters. The average Bonchev–Trinajstić information content (AvgIpc) is 3.13. The molecule has 1 aliphatic carbocycles. The van der Waals surface area contributed by atoms with Gasteiger partial charge in [0.1, 0.15) is 11.9 Å². The summed E-state index contributed by atoms with van der Waals surface area (Å²) in [5.41, 5.74) is 2.51. The number of esters is 1. The van der Waals surface area contributed by atoms with E-state index in [0.29, 0.717) is 19.0 Å². The maximum Gasteiger partial charge on any atom is 0.360 e. The van der Waals surface area contributed by atoms with Crippen LogP contribution in [0.25, 0.3) is 10.2 Å². The first kappa shape index (κ1) is 14.9. The van der Waals surface area contributed by atoms with Crippen LogP contribution in [0.3, 0.4) is 0 Å². The van der Waals surface area contributed by atoms with E-state index < -0.39 is 5.97 Å². The van der Waals surface area contributed by atoms with Gasteiger partial charge in [0, 0.05) is 12.0 Å². The summed E-state index contributed by atoms with van der Waals surface area (Å²) in [6.07, 6.45) is 2.10. The second-order valence-electron chi connectivity index (χ2n) is 6.74. The van der Waals surface area contributed by atoms with E-state index in [9.17, 15) is 4.79 Å². The summed E-state index contributed by atoms with van der Waals surface area (Å²) in [6, 6.07) is 7.92. The molecular weight excluding hydrogens is 338 g/mol. The Morgan fingerprint density at radius 2 is 2.20 bits per heavy atom. The number of aryl methyl sites for hydroxylation is 1. The number of carbonyl (C=O) groups excluding carboxylic acids is 1. The number of carbonyl (C=O) groups is 1. The van der Waals surface area contributed by atoms with Crippen molar-refractivity contribution in [1.29, 1.82) is 0 Å². The highest BCUT2D eigenvalue weighted by Gasteiger charge is 2.34. The number of fused-ring (bicyclic) bond motifs is 1. The number of ether oxygens (including phenoxy) is 1. The summed E-state index contributed by atoms with van der Waals surface area (Å²) in [6.45, 7) is 3.40. The smallest absolute Gasteiger partial charge is 0.360 e. The average molecular weight is 355 g/mol. The Hall–Kier alpha value is -2.41. The first-order valence-electron chi connectivity index (χ1n) is 8.46. The zero-order chi connectivity index (χ0) is 17.0. The lowest BCUT2D eigenvalue weighted by Crippen LogP contribution is -2.53. The number of para-hydroxylation sites is 1. The fourth-order valence-electron chi connectivity index (χ4n) is 3.04. The van der Waals surface area contributed by atoms with Crippen LogP contribution in [0.15, 0.2) is 28.8 Å². The molecule has 1 aliphatic heterocycles. The second-order valence-corrected chi connectivity index (χ2v) is 7.75. The molecule has 6 nitrogen and oxygen atoms in total. The molecule has 0 radical (unpaired) electrons. The predicted molar refractivity (Wildman–Crippen MR) is 94.3 cm³/mol. The molecule has 2 aliphatic rings. The zero-order valence-corrected chi connectivity index (χ0v) is 14.6. The largest absolute Gasteiger partial charge is 0.454 e. The lowest BCUT2D eigenvalue weighted by molar-refractivity contribution is 0.0223. The van der Waals surface area contributed by atoms with Gasteiger partial charge in [-0.25, -0.2) is 9.78 Å². The first-order valence-corrected chi connectivity index (χ1v) is 9.28. The Bertz CT molecular complexity index is 954. The fraction of sp³-hybridized carbons (Fsp3) is 0.389. The van der Waals surface area contributed by atoms with Crippen molar-refractivity contribution in [2.75, 3.05) is 18.0 Å². The van der Waals surface area contributed by atoms with Gasteiger partial charge in [0.05, 0.1) is 23.3 Å². The van der Waals surface area contributed by atoms with Crippen molar-refractivity contribution in [2.45, 2.75) is 31.8 Å². The highest BCUT2D eigenvalue weighted by Crippen LogP contribution is 2.40. The van der Waals surface area contributed by atoms with Gasteiger partial charge in [-0.15, -0.1) is 0 Å². The van der Waals surface area contributed by atoms with Gasteiger partial charge in [0.25, 0.3) is 0 Å². The van der Waals surface area contributed by atoms with E-state index in [0.717, 1.165) is 29.3 Å². The third-order valence-electron chi connectivity index (χ3n) is 4.72. The number of aromatic nitrogens is 2. The second kappa shape index (κ2) is 5.56. The van der Waals surface area contributed by atoms with E-state index in [1.54, 1.807) is 17.4 Å². The summed E-state index contributed by atoms with van der Waals surface area (Å²) in [5, 5.41) is 4.81. The summed E-state index contributed by atoms with van der Waals surface area (Å²) in [4.78, 5) is 19.0. The molecule has 25 heavy (non-hydrogen) atoms. The molecular formula is C18H17N3O3S. The molecule has 128 valence electrons. The summed E-state index contributed by atoms with van der Waals surface area (Å²) >= 11 is 1.67.